The van der Waals surface area contributed by atoms with Crippen molar-refractivity contribution >= 4 is 22.5 Å². The summed E-state index contributed by atoms with van der Waals surface area (Å²) in [5.41, 5.74) is 18.4. The highest BCUT2D eigenvalue weighted by atomic mass is 16.5. The van der Waals surface area contributed by atoms with Gasteiger partial charge < -0.3 is 16.2 Å². The summed E-state index contributed by atoms with van der Waals surface area (Å²) in [5.74, 6) is 0.973. The smallest absolute Gasteiger partial charge is 0.153 e. The molecule has 0 unspecified atom stereocenters. The predicted octanol–water partition coefficient (Wildman–Crippen LogP) is 3.29. The number of aromatic nitrogens is 3. The second kappa shape index (κ2) is 7.78. The number of fused-ring (bicyclic) bond motifs is 1. The highest BCUT2D eigenvalue weighted by molar-refractivity contribution is 6.02. The van der Waals surface area contributed by atoms with Crippen LogP contribution in [0.1, 0.15) is 5.56 Å². The molecule has 5 rings (SSSR count). The maximum absolute atomic E-state index is 6.13. The third-order valence-electron chi connectivity index (χ3n) is 5.59. The fourth-order valence-corrected chi connectivity index (χ4v) is 3.97. The van der Waals surface area contributed by atoms with Gasteiger partial charge in [-0.1, -0.05) is 24.3 Å². The molecule has 0 amide bonds. The van der Waals surface area contributed by atoms with Crippen molar-refractivity contribution in [2.75, 3.05) is 37.8 Å². The molecule has 152 valence electrons. The highest BCUT2D eigenvalue weighted by Crippen LogP contribution is 2.35. The quantitative estimate of drug-likeness (QED) is 0.485. The zero-order chi connectivity index (χ0) is 20.5. The molecule has 0 saturated carbocycles. The second-order valence-electron chi connectivity index (χ2n) is 7.61. The molecule has 0 bridgehead atoms. The molecule has 0 spiro atoms. The summed E-state index contributed by atoms with van der Waals surface area (Å²) in [5, 5.41) is 8.22. The fraction of sp³-hybridized carbons (Fsp3) is 0.217. The molecular weight excluding hydrogens is 376 g/mol. The van der Waals surface area contributed by atoms with Gasteiger partial charge in [0.05, 0.1) is 18.7 Å². The number of benzene rings is 2. The number of ether oxygens (including phenoxy) is 1. The van der Waals surface area contributed by atoms with Crippen LogP contribution in [0.2, 0.25) is 0 Å². The molecule has 0 aliphatic carbocycles. The number of hydrogen-bond acceptors (Lipinski definition) is 6. The van der Waals surface area contributed by atoms with E-state index >= 15 is 0 Å². The summed E-state index contributed by atoms with van der Waals surface area (Å²) in [6.07, 6.45) is 1.72. The highest BCUT2D eigenvalue weighted by Gasteiger charge is 2.14. The lowest BCUT2D eigenvalue weighted by Crippen LogP contribution is -2.35. The molecule has 30 heavy (non-hydrogen) atoms. The summed E-state index contributed by atoms with van der Waals surface area (Å²) in [4.78, 5) is 6.51. The molecule has 3 heterocycles. The first-order valence-corrected chi connectivity index (χ1v) is 10.1. The van der Waals surface area contributed by atoms with Crippen molar-refractivity contribution < 1.29 is 4.74 Å². The van der Waals surface area contributed by atoms with Crippen molar-refractivity contribution in [2.24, 2.45) is 0 Å². The first-order chi connectivity index (χ1) is 14.7. The topological polar surface area (TPSA) is 106 Å². The van der Waals surface area contributed by atoms with Gasteiger partial charge in [-0.15, -0.1) is 0 Å². The third kappa shape index (κ3) is 3.60. The standard InChI is InChI=1S/C23H24N6O/c24-21-13-17(5-6-26-21)18-11-19(22-20(12-18)23(25)28-27-22)16-3-1-15(2-4-16)14-29-7-9-30-10-8-29/h1-6,11-13H,7-10,14H2,(H2,24,26)(H3,25,27,28). The summed E-state index contributed by atoms with van der Waals surface area (Å²) in [6, 6.07) is 16.7. The number of nitrogen functional groups attached to an aromatic ring is 2. The number of nitrogens with two attached hydrogens (primary N) is 2. The van der Waals surface area contributed by atoms with Crippen LogP contribution in [0.4, 0.5) is 11.6 Å². The van der Waals surface area contributed by atoms with Crippen LogP contribution in [0.15, 0.2) is 54.7 Å². The number of nitrogens with one attached hydrogen (secondary N) is 1. The van der Waals surface area contributed by atoms with Crippen LogP contribution < -0.4 is 11.5 Å². The fourth-order valence-electron chi connectivity index (χ4n) is 3.97. The van der Waals surface area contributed by atoms with Gasteiger partial charge in [0.1, 0.15) is 5.82 Å². The van der Waals surface area contributed by atoms with Gasteiger partial charge in [0.15, 0.2) is 5.82 Å². The largest absolute Gasteiger partial charge is 0.384 e. The summed E-state index contributed by atoms with van der Waals surface area (Å²) in [7, 11) is 0. The summed E-state index contributed by atoms with van der Waals surface area (Å²) in [6.45, 7) is 4.51. The average Bonchev–Trinajstić information content (AvgIpc) is 3.15. The molecule has 4 aromatic rings. The Morgan fingerprint density at radius 3 is 2.50 bits per heavy atom. The maximum atomic E-state index is 6.13. The molecule has 2 aromatic heterocycles. The van der Waals surface area contributed by atoms with E-state index in [1.165, 1.54) is 5.56 Å². The number of H-pyrrole nitrogens is 1. The van der Waals surface area contributed by atoms with E-state index in [9.17, 15) is 0 Å². The Morgan fingerprint density at radius 1 is 0.933 bits per heavy atom. The second-order valence-corrected chi connectivity index (χ2v) is 7.61. The lowest BCUT2D eigenvalue weighted by atomic mass is 9.96. The number of anilines is 2. The molecule has 7 nitrogen and oxygen atoms in total. The molecule has 1 saturated heterocycles. The molecular formula is C23H24N6O. The maximum Gasteiger partial charge on any atom is 0.153 e. The summed E-state index contributed by atoms with van der Waals surface area (Å²) >= 11 is 0. The Kier molecular flexibility index (Phi) is 4.82. The Balaban J connectivity index is 1.53. The van der Waals surface area contributed by atoms with E-state index in [1.54, 1.807) is 6.20 Å². The van der Waals surface area contributed by atoms with Gasteiger partial charge in [-0.05, 0) is 46.5 Å². The van der Waals surface area contributed by atoms with Gasteiger partial charge in [0, 0.05) is 36.8 Å². The molecule has 1 aliphatic rings. The van der Waals surface area contributed by atoms with Crippen molar-refractivity contribution in [3.8, 4) is 22.3 Å². The lowest BCUT2D eigenvalue weighted by Gasteiger charge is -2.26. The molecule has 1 aliphatic heterocycles. The number of pyridine rings is 1. The minimum atomic E-state index is 0.485. The predicted molar refractivity (Wildman–Crippen MR) is 120 cm³/mol. The molecule has 2 aromatic carbocycles. The first-order valence-electron chi connectivity index (χ1n) is 10.1. The van der Waals surface area contributed by atoms with Crippen molar-refractivity contribution in [2.45, 2.75) is 6.54 Å². The Labute approximate surface area is 174 Å². The van der Waals surface area contributed by atoms with E-state index in [0.717, 1.165) is 66.0 Å². The van der Waals surface area contributed by atoms with Crippen LogP contribution >= 0.6 is 0 Å². The van der Waals surface area contributed by atoms with Crippen LogP contribution in [0.25, 0.3) is 33.2 Å². The van der Waals surface area contributed by atoms with Crippen LogP contribution in [0, 0.1) is 0 Å². The van der Waals surface area contributed by atoms with Crippen LogP contribution in [0.5, 0.6) is 0 Å². The van der Waals surface area contributed by atoms with Crippen LogP contribution in [-0.4, -0.2) is 46.4 Å². The molecule has 0 radical (unpaired) electrons. The number of aromatic amines is 1. The van der Waals surface area contributed by atoms with Gasteiger partial charge >= 0.3 is 0 Å². The van der Waals surface area contributed by atoms with Crippen molar-refractivity contribution in [1.82, 2.24) is 20.1 Å². The minimum Gasteiger partial charge on any atom is -0.384 e. The van der Waals surface area contributed by atoms with E-state index in [-0.39, 0.29) is 0 Å². The van der Waals surface area contributed by atoms with Crippen LogP contribution in [0.3, 0.4) is 0 Å². The Bertz CT molecular complexity index is 1180. The third-order valence-corrected chi connectivity index (χ3v) is 5.59. The zero-order valence-corrected chi connectivity index (χ0v) is 16.6. The van der Waals surface area contributed by atoms with E-state index < -0.39 is 0 Å². The normalized spacial score (nSPS) is 14.9. The number of rotatable bonds is 4. The molecule has 0 atom stereocenters. The van der Waals surface area contributed by atoms with Crippen molar-refractivity contribution in [3.05, 3.63) is 60.3 Å². The first kappa shape index (κ1) is 18.6. The zero-order valence-electron chi connectivity index (χ0n) is 16.6. The monoisotopic (exact) mass is 400 g/mol. The Hall–Kier alpha value is -3.42. The van der Waals surface area contributed by atoms with Crippen molar-refractivity contribution in [3.63, 3.8) is 0 Å². The van der Waals surface area contributed by atoms with E-state index in [1.807, 2.05) is 18.2 Å². The van der Waals surface area contributed by atoms with Crippen LogP contribution in [-0.2, 0) is 11.3 Å². The molecule has 7 heteroatoms. The number of morpholine rings is 1. The molecule has 1 fully saturated rings. The van der Waals surface area contributed by atoms with E-state index in [2.05, 4.69) is 50.4 Å². The van der Waals surface area contributed by atoms with Gasteiger partial charge in [-0.2, -0.15) is 5.10 Å². The Morgan fingerprint density at radius 2 is 1.73 bits per heavy atom. The SMILES string of the molecule is Nc1cc(-c2cc(-c3ccc(CN4CCOCC4)cc3)c3[nH]nc(N)c3c2)ccn1. The van der Waals surface area contributed by atoms with Gasteiger partial charge in [-0.3, -0.25) is 10.00 Å². The average molecular weight is 400 g/mol. The number of hydrogen-bond donors (Lipinski definition) is 3. The summed E-state index contributed by atoms with van der Waals surface area (Å²) < 4.78 is 5.44. The lowest BCUT2D eigenvalue weighted by molar-refractivity contribution is 0.0342. The minimum absolute atomic E-state index is 0.485. The number of nitrogens with zero attached hydrogens (tertiary/aromatic N) is 3. The molecule has 5 N–H and O–H groups in total. The van der Waals surface area contributed by atoms with E-state index in [4.69, 9.17) is 16.2 Å². The van der Waals surface area contributed by atoms with Crippen molar-refractivity contribution in [1.29, 1.82) is 0 Å². The van der Waals surface area contributed by atoms with Gasteiger partial charge in [0.25, 0.3) is 0 Å². The van der Waals surface area contributed by atoms with E-state index in [0.29, 0.717) is 11.6 Å². The van der Waals surface area contributed by atoms with Gasteiger partial charge in [0.2, 0.25) is 0 Å². The van der Waals surface area contributed by atoms with Gasteiger partial charge in [-0.25, -0.2) is 4.98 Å².